The molecule has 1 aromatic carbocycles. The topological polar surface area (TPSA) is 35.2 Å². The number of para-hydroxylation sites is 1. The van der Waals surface area contributed by atoms with Gasteiger partial charge in [0.25, 0.3) is 0 Å². The lowest BCUT2D eigenvalue weighted by Gasteiger charge is -2.17. The summed E-state index contributed by atoms with van der Waals surface area (Å²) >= 11 is 0. The van der Waals surface area contributed by atoms with Gasteiger partial charge in [0, 0.05) is 11.1 Å². The predicted octanol–water partition coefficient (Wildman–Crippen LogP) is 2.78. The SMILES string of the molecule is CC1CC1(N)c1ccccc1OC(F)(F)F. The molecule has 1 fully saturated rings. The Hall–Kier alpha value is -1.23. The Labute approximate surface area is 91.2 Å². The Morgan fingerprint density at radius 3 is 2.44 bits per heavy atom. The van der Waals surface area contributed by atoms with Crippen LogP contribution in [0.15, 0.2) is 24.3 Å². The van der Waals surface area contributed by atoms with Gasteiger partial charge < -0.3 is 10.5 Å². The molecule has 0 heterocycles. The van der Waals surface area contributed by atoms with Crippen LogP contribution in [0.5, 0.6) is 5.75 Å². The number of hydrogen-bond acceptors (Lipinski definition) is 2. The molecule has 0 spiro atoms. The molecule has 2 N–H and O–H groups in total. The minimum absolute atomic E-state index is 0.186. The Bertz CT molecular complexity index is 404. The van der Waals surface area contributed by atoms with Crippen LogP contribution in [-0.4, -0.2) is 6.36 Å². The minimum atomic E-state index is -4.68. The molecule has 16 heavy (non-hydrogen) atoms. The van der Waals surface area contributed by atoms with E-state index in [0.717, 1.165) is 0 Å². The quantitative estimate of drug-likeness (QED) is 0.849. The van der Waals surface area contributed by atoms with E-state index in [0.29, 0.717) is 12.0 Å². The highest BCUT2D eigenvalue weighted by Gasteiger charge is 2.51. The lowest BCUT2D eigenvalue weighted by molar-refractivity contribution is -0.275. The van der Waals surface area contributed by atoms with Crippen LogP contribution in [0.1, 0.15) is 18.9 Å². The van der Waals surface area contributed by atoms with Gasteiger partial charge in [-0.15, -0.1) is 13.2 Å². The highest BCUT2D eigenvalue weighted by atomic mass is 19.4. The van der Waals surface area contributed by atoms with Crippen molar-refractivity contribution in [2.24, 2.45) is 11.7 Å². The van der Waals surface area contributed by atoms with Crippen molar-refractivity contribution in [1.82, 2.24) is 0 Å². The van der Waals surface area contributed by atoms with Crippen molar-refractivity contribution in [2.45, 2.75) is 25.2 Å². The first-order valence-electron chi connectivity index (χ1n) is 4.97. The van der Waals surface area contributed by atoms with E-state index in [1.807, 2.05) is 6.92 Å². The molecule has 0 radical (unpaired) electrons. The number of ether oxygens (including phenoxy) is 1. The van der Waals surface area contributed by atoms with Crippen LogP contribution < -0.4 is 10.5 Å². The van der Waals surface area contributed by atoms with Crippen LogP contribution in [0.4, 0.5) is 13.2 Å². The fourth-order valence-corrected chi connectivity index (χ4v) is 1.89. The van der Waals surface area contributed by atoms with E-state index in [4.69, 9.17) is 5.73 Å². The average molecular weight is 231 g/mol. The van der Waals surface area contributed by atoms with E-state index in [-0.39, 0.29) is 11.7 Å². The molecule has 88 valence electrons. The van der Waals surface area contributed by atoms with Gasteiger partial charge in [-0.25, -0.2) is 0 Å². The second-order valence-electron chi connectivity index (χ2n) is 4.19. The second-order valence-corrected chi connectivity index (χ2v) is 4.19. The van der Waals surface area contributed by atoms with Crippen LogP contribution in [0.25, 0.3) is 0 Å². The number of benzene rings is 1. The summed E-state index contributed by atoms with van der Waals surface area (Å²) < 4.78 is 40.5. The molecule has 5 heteroatoms. The van der Waals surface area contributed by atoms with Crippen molar-refractivity contribution in [3.8, 4) is 5.75 Å². The van der Waals surface area contributed by atoms with Crippen LogP contribution in [0.2, 0.25) is 0 Å². The fourth-order valence-electron chi connectivity index (χ4n) is 1.89. The van der Waals surface area contributed by atoms with Gasteiger partial charge in [-0.3, -0.25) is 0 Å². The summed E-state index contributed by atoms with van der Waals surface area (Å²) in [6.07, 6.45) is -3.99. The smallest absolute Gasteiger partial charge is 0.405 e. The maximum atomic E-state index is 12.2. The van der Waals surface area contributed by atoms with Gasteiger partial charge in [0.15, 0.2) is 0 Å². The van der Waals surface area contributed by atoms with E-state index in [9.17, 15) is 13.2 Å². The zero-order chi connectivity index (χ0) is 12.0. The number of alkyl halides is 3. The van der Waals surface area contributed by atoms with E-state index < -0.39 is 11.9 Å². The summed E-state index contributed by atoms with van der Waals surface area (Å²) in [6.45, 7) is 1.91. The summed E-state index contributed by atoms with van der Waals surface area (Å²) in [7, 11) is 0. The second kappa shape index (κ2) is 3.38. The molecule has 0 aliphatic heterocycles. The summed E-state index contributed by atoms with van der Waals surface area (Å²) in [5.41, 5.74) is 5.75. The third-order valence-electron chi connectivity index (χ3n) is 2.98. The van der Waals surface area contributed by atoms with Crippen molar-refractivity contribution in [3.63, 3.8) is 0 Å². The molecule has 1 aliphatic rings. The number of hydrogen-bond donors (Lipinski definition) is 1. The van der Waals surface area contributed by atoms with Gasteiger partial charge in [-0.2, -0.15) is 0 Å². The fraction of sp³-hybridized carbons (Fsp3) is 0.455. The third-order valence-corrected chi connectivity index (χ3v) is 2.98. The lowest BCUT2D eigenvalue weighted by atomic mass is 10.0. The molecule has 0 saturated heterocycles. The molecule has 1 aromatic rings. The molecule has 0 bridgehead atoms. The summed E-state index contributed by atoms with van der Waals surface area (Å²) in [6, 6.07) is 6.05. The van der Waals surface area contributed by atoms with E-state index >= 15 is 0 Å². The van der Waals surface area contributed by atoms with Gasteiger partial charge in [0.2, 0.25) is 0 Å². The maximum Gasteiger partial charge on any atom is 0.573 e. The van der Waals surface area contributed by atoms with Gasteiger partial charge in [-0.1, -0.05) is 25.1 Å². The number of halogens is 3. The molecular weight excluding hydrogens is 219 g/mol. The molecule has 2 unspecified atom stereocenters. The molecule has 2 atom stereocenters. The molecule has 0 aromatic heterocycles. The third kappa shape index (κ3) is 2.00. The van der Waals surface area contributed by atoms with E-state index in [1.54, 1.807) is 12.1 Å². The van der Waals surface area contributed by atoms with Crippen molar-refractivity contribution in [1.29, 1.82) is 0 Å². The normalized spacial score (nSPS) is 28.9. The Morgan fingerprint density at radius 1 is 1.38 bits per heavy atom. The first kappa shape index (κ1) is 11.3. The standard InChI is InChI=1S/C11H12F3NO/c1-7-6-10(7,15)8-4-2-3-5-9(8)16-11(12,13)14/h2-5,7H,6,15H2,1H3. The predicted molar refractivity (Wildman–Crippen MR) is 52.8 cm³/mol. The van der Waals surface area contributed by atoms with Crippen molar-refractivity contribution in [2.75, 3.05) is 0 Å². The average Bonchev–Trinajstić information content (AvgIpc) is 2.73. The van der Waals surface area contributed by atoms with Gasteiger partial charge >= 0.3 is 6.36 Å². The monoisotopic (exact) mass is 231 g/mol. The molecule has 2 rings (SSSR count). The highest BCUT2D eigenvalue weighted by molar-refractivity contribution is 5.43. The van der Waals surface area contributed by atoms with Crippen LogP contribution in [0.3, 0.4) is 0 Å². The van der Waals surface area contributed by atoms with E-state index in [1.165, 1.54) is 12.1 Å². The van der Waals surface area contributed by atoms with Crippen LogP contribution >= 0.6 is 0 Å². The van der Waals surface area contributed by atoms with Crippen molar-refractivity contribution in [3.05, 3.63) is 29.8 Å². The highest BCUT2D eigenvalue weighted by Crippen LogP contribution is 2.52. The first-order chi connectivity index (χ1) is 7.33. The molecule has 1 saturated carbocycles. The van der Waals surface area contributed by atoms with Crippen molar-refractivity contribution >= 4 is 0 Å². The van der Waals surface area contributed by atoms with Crippen molar-refractivity contribution < 1.29 is 17.9 Å². The van der Waals surface area contributed by atoms with Gasteiger partial charge in [0.1, 0.15) is 5.75 Å². The maximum absolute atomic E-state index is 12.2. The Morgan fingerprint density at radius 2 is 1.94 bits per heavy atom. The van der Waals surface area contributed by atoms with Gasteiger partial charge in [-0.05, 0) is 18.4 Å². The Kier molecular flexibility index (Phi) is 2.38. The molecule has 0 amide bonds. The van der Waals surface area contributed by atoms with E-state index in [2.05, 4.69) is 4.74 Å². The molecular formula is C11H12F3NO. The van der Waals surface area contributed by atoms with Gasteiger partial charge in [0.05, 0.1) is 0 Å². The van der Waals surface area contributed by atoms with Crippen LogP contribution in [-0.2, 0) is 5.54 Å². The molecule has 1 aliphatic carbocycles. The number of nitrogens with two attached hydrogens (primary N) is 1. The minimum Gasteiger partial charge on any atom is -0.405 e. The lowest BCUT2D eigenvalue weighted by Crippen LogP contribution is -2.25. The number of rotatable bonds is 2. The summed E-state index contributed by atoms with van der Waals surface area (Å²) in [5.74, 6) is -0.00710. The molecule has 2 nitrogen and oxygen atoms in total. The largest absolute Gasteiger partial charge is 0.573 e. The zero-order valence-electron chi connectivity index (χ0n) is 8.71. The van der Waals surface area contributed by atoms with Crippen LogP contribution in [0, 0.1) is 5.92 Å². The summed E-state index contributed by atoms with van der Waals surface area (Å²) in [4.78, 5) is 0. The summed E-state index contributed by atoms with van der Waals surface area (Å²) in [5, 5.41) is 0. The Balaban J connectivity index is 2.32. The first-order valence-corrected chi connectivity index (χ1v) is 4.97. The zero-order valence-corrected chi connectivity index (χ0v) is 8.71.